The van der Waals surface area contributed by atoms with Gasteiger partial charge in [0.1, 0.15) is 5.54 Å². The highest BCUT2D eigenvalue weighted by molar-refractivity contribution is 7.88. The maximum Gasteiger partial charge on any atom is 0.248 e. The molecule has 1 saturated heterocycles. The van der Waals surface area contributed by atoms with E-state index in [4.69, 9.17) is 9.26 Å². The highest BCUT2D eigenvalue weighted by Gasteiger charge is 2.44. The van der Waals surface area contributed by atoms with E-state index < -0.39 is 15.6 Å². The highest BCUT2D eigenvalue weighted by Crippen LogP contribution is 2.40. The lowest BCUT2D eigenvalue weighted by molar-refractivity contribution is 0.0329. The molecular weight excluding hydrogens is 350 g/mol. The normalized spacial score (nSPS) is 21.0. The summed E-state index contributed by atoms with van der Waals surface area (Å²) >= 11 is 1.48. The standard InChI is InChI=1S/C15H19N3O4S2/c19-24(20,10-11-3-8-23-9-11)18-15(4-6-21-7-5-15)14-16-13(17-22-14)12-1-2-12/h3,8-9,12,18H,1-2,4-7,10H2. The van der Waals surface area contributed by atoms with Crippen LogP contribution in [-0.4, -0.2) is 31.8 Å². The minimum atomic E-state index is -3.53. The zero-order chi connectivity index (χ0) is 16.6. The van der Waals surface area contributed by atoms with Gasteiger partial charge in [-0.25, -0.2) is 8.42 Å². The summed E-state index contributed by atoms with van der Waals surface area (Å²) in [4.78, 5) is 4.49. The summed E-state index contributed by atoms with van der Waals surface area (Å²) in [7, 11) is -3.53. The molecule has 130 valence electrons. The minimum Gasteiger partial charge on any atom is -0.381 e. The Morgan fingerprint density at radius 2 is 2.12 bits per heavy atom. The van der Waals surface area contributed by atoms with Crippen LogP contribution in [0.3, 0.4) is 0 Å². The minimum absolute atomic E-state index is 0.0529. The first kappa shape index (κ1) is 16.2. The van der Waals surface area contributed by atoms with E-state index in [-0.39, 0.29) is 5.75 Å². The number of aromatic nitrogens is 2. The van der Waals surface area contributed by atoms with Gasteiger partial charge in [-0.15, -0.1) is 0 Å². The van der Waals surface area contributed by atoms with E-state index in [1.54, 1.807) is 0 Å². The summed E-state index contributed by atoms with van der Waals surface area (Å²) in [6, 6.07) is 1.82. The summed E-state index contributed by atoms with van der Waals surface area (Å²) < 4.78 is 39.0. The molecule has 0 radical (unpaired) electrons. The molecule has 0 spiro atoms. The Morgan fingerprint density at radius 3 is 2.79 bits per heavy atom. The molecule has 0 unspecified atom stereocenters. The van der Waals surface area contributed by atoms with Crippen molar-refractivity contribution >= 4 is 21.4 Å². The van der Waals surface area contributed by atoms with E-state index in [9.17, 15) is 8.42 Å². The number of hydrogen-bond donors (Lipinski definition) is 1. The van der Waals surface area contributed by atoms with Crippen LogP contribution >= 0.6 is 11.3 Å². The predicted octanol–water partition coefficient (Wildman–Crippen LogP) is 2.13. The van der Waals surface area contributed by atoms with E-state index in [1.807, 2.05) is 16.8 Å². The smallest absolute Gasteiger partial charge is 0.248 e. The Hall–Kier alpha value is -1.29. The molecule has 0 amide bonds. The number of sulfonamides is 1. The lowest BCUT2D eigenvalue weighted by atomic mass is 9.91. The van der Waals surface area contributed by atoms with Crippen LogP contribution in [0.2, 0.25) is 0 Å². The van der Waals surface area contributed by atoms with Gasteiger partial charge in [-0.1, -0.05) is 5.16 Å². The van der Waals surface area contributed by atoms with Crippen molar-refractivity contribution < 1.29 is 17.7 Å². The summed E-state index contributed by atoms with van der Waals surface area (Å²) in [6.45, 7) is 0.921. The molecule has 24 heavy (non-hydrogen) atoms. The number of ether oxygens (including phenoxy) is 1. The number of thiophene rings is 1. The molecule has 0 bridgehead atoms. The van der Waals surface area contributed by atoms with E-state index in [0.29, 0.717) is 43.7 Å². The second-order valence-electron chi connectivity index (χ2n) is 6.42. The van der Waals surface area contributed by atoms with Crippen molar-refractivity contribution in [3.8, 4) is 0 Å². The van der Waals surface area contributed by atoms with Crippen molar-refractivity contribution in [1.29, 1.82) is 0 Å². The lowest BCUT2D eigenvalue weighted by Gasteiger charge is -2.34. The van der Waals surface area contributed by atoms with Crippen LogP contribution in [0.4, 0.5) is 0 Å². The van der Waals surface area contributed by atoms with Gasteiger partial charge in [-0.05, 0) is 48.1 Å². The Bertz CT molecular complexity index is 791. The molecule has 2 aromatic heterocycles. The second kappa shape index (κ2) is 6.21. The zero-order valence-corrected chi connectivity index (χ0v) is 14.7. The Kier molecular flexibility index (Phi) is 4.19. The van der Waals surface area contributed by atoms with Crippen LogP contribution < -0.4 is 4.72 Å². The first-order chi connectivity index (χ1) is 11.6. The monoisotopic (exact) mass is 369 g/mol. The van der Waals surface area contributed by atoms with Gasteiger partial charge < -0.3 is 9.26 Å². The van der Waals surface area contributed by atoms with Gasteiger partial charge in [0.05, 0.1) is 5.75 Å². The number of nitrogens with one attached hydrogen (secondary N) is 1. The van der Waals surface area contributed by atoms with Crippen molar-refractivity contribution in [1.82, 2.24) is 14.9 Å². The molecule has 1 N–H and O–H groups in total. The van der Waals surface area contributed by atoms with Crippen molar-refractivity contribution in [2.45, 2.75) is 42.9 Å². The Morgan fingerprint density at radius 1 is 1.33 bits per heavy atom. The maximum absolute atomic E-state index is 12.7. The molecule has 7 nitrogen and oxygen atoms in total. The fourth-order valence-electron chi connectivity index (χ4n) is 2.94. The third-order valence-corrected chi connectivity index (χ3v) is 6.57. The lowest BCUT2D eigenvalue weighted by Crippen LogP contribution is -2.50. The van der Waals surface area contributed by atoms with Crippen LogP contribution in [-0.2, 0) is 26.1 Å². The molecule has 2 aliphatic rings. The largest absolute Gasteiger partial charge is 0.381 e. The van der Waals surface area contributed by atoms with E-state index in [0.717, 1.165) is 18.4 Å². The zero-order valence-electron chi connectivity index (χ0n) is 13.1. The SMILES string of the molecule is O=S(=O)(Cc1ccsc1)NC1(c2nc(C3CC3)no2)CCOCC1. The topological polar surface area (TPSA) is 94.3 Å². The molecule has 3 heterocycles. The first-order valence-electron chi connectivity index (χ1n) is 8.01. The molecule has 1 aliphatic heterocycles. The second-order valence-corrected chi connectivity index (χ2v) is 8.92. The summed E-state index contributed by atoms with van der Waals surface area (Å²) in [6.07, 6.45) is 3.11. The van der Waals surface area contributed by atoms with Crippen LogP contribution in [0.5, 0.6) is 0 Å². The third kappa shape index (κ3) is 3.39. The molecule has 0 aromatic carbocycles. The van der Waals surface area contributed by atoms with Gasteiger partial charge in [0, 0.05) is 19.1 Å². The fraction of sp³-hybridized carbons (Fsp3) is 0.600. The number of rotatable bonds is 6. The fourth-order valence-corrected chi connectivity index (χ4v) is 5.30. The summed E-state index contributed by atoms with van der Waals surface area (Å²) in [5, 5.41) is 7.76. The molecule has 1 aliphatic carbocycles. The van der Waals surface area contributed by atoms with Crippen molar-refractivity contribution in [3.05, 3.63) is 34.1 Å². The average Bonchev–Trinajstić information content (AvgIpc) is 3.06. The third-order valence-electron chi connectivity index (χ3n) is 4.43. The van der Waals surface area contributed by atoms with Gasteiger partial charge in [0.25, 0.3) is 0 Å². The van der Waals surface area contributed by atoms with Crippen molar-refractivity contribution in [3.63, 3.8) is 0 Å². The summed E-state index contributed by atoms with van der Waals surface area (Å²) in [5.41, 5.74) is -0.0910. The highest BCUT2D eigenvalue weighted by atomic mass is 32.2. The molecule has 2 fully saturated rings. The summed E-state index contributed by atoms with van der Waals surface area (Å²) in [5.74, 6) is 1.36. The molecule has 4 rings (SSSR count). The number of hydrogen-bond acceptors (Lipinski definition) is 7. The van der Waals surface area contributed by atoms with Gasteiger partial charge in [-0.3, -0.25) is 0 Å². The van der Waals surface area contributed by atoms with Crippen LogP contribution in [0.25, 0.3) is 0 Å². The maximum atomic E-state index is 12.7. The van der Waals surface area contributed by atoms with Crippen molar-refractivity contribution in [2.75, 3.05) is 13.2 Å². The quantitative estimate of drug-likeness (QED) is 0.838. The van der Waals surface area contributed by atoms with E-state index in [2.05, 4.69) is 14.9 Å². The van der Waals surface area contributed by atoms with E-state index >= 15 is 0 Å². The molecule has 2 aromatic rings. The van der Waals surface area contributed by atoms with Gasteiger partial charge >= 0.3 is 0 Å². The Labute approximate surface area is 144 Å². The average molecular weight is 369 g/mol. The van der Waals surface area contributed by atoms with Gasteiger partial charge in [0.15, 0.2) is 5.82 Å². The molecule has 0 atom stereocenters. The van der Waals surface area contributed by atoms with Crippen LogP contribution in [0, 0.1) is 0 Å². The van der Waals surface area contributed by atoms with Crippen LogP contribution in [0.15, 0.2) is 21.3 Å². The molecule has 1 saturated carbocycles. The molecule has 9 heteroatoms. The number of nitrogens with zero attached hydrogens (tertiary/aromatic N) is 2. The first-order valence-corrected chi connectivity index (χ1v) is 10.6. The van der Waals surface area contributed by atoms with Crippen molar-refractivity contribution in [2.24, 2.45) is 0 Å². The van der Waals surface area contributed by atoms with Gasteiger partial charge in [-0.2, -0.15) is 21.0 Å². The van der Waals surface area contributed by atoms with Crippen LogP contribution in [0.1, 0.15) is 48.9 Å². The molecular formula is C15H19N3O4S2. The predicted molar refractivity (Wildman–Crippen MR) is 88.1 cm³/mol. The van der Waals surface area contributed by atoms with Gasteiger partial charge in [0.2, 0.25) is 15.9 Å². The Balaban J connectivity index is 1.60. The van der Waals surface area contributed by atoms with E-state index in [1.165, 1.54) is 11.3 Å².